The van der Waals surface area contributed by atoms with Gasteiger partial charge in [-0.3, -0.25) is 4.79 Å². The van der Waals surface area contributed by atoms with Gasteiger partial charge in [-0.05, 0) is 48.6 Å². The fourth-order valence-electron chi connectivity index (χ4n) is 2.52. The van der Waals surface area contributed by atoms with Crippen LogP contribution in [0.4, 0.5) is 11.5 Å². The normalized spacial score (nSPS) is 13.0. The zero-order valence-electron chi connectivity index (χ0n) is 11.3. The Morgan fingerprint density at radius 3 is 2.71 bits per heavy atom. The van der Waals surface area contributed by atoms with Gasteiger partial charge >= 0.3 is 5.97 Å². The van der Waals surface area contributed by atoms with Crippen molar-refractivity contribution in [1.29, 1.82) is 0 Å². The largest absolute Gasteiger partial charge is 0.481 e. The average Bonchev–Trinajstić information content (AvgIpc) is 2.88. The number of benzene rings is 1. The molecule has 0 spiro atoms. The Balaban J connectivity index is 1.82. The van der Waals surface area contributed by atoms with Crippen LogP contribution in [0.5, 0.6) is 0 Å². The molecule has 0 atom stereocenters. The Hall–Kier alpha value is -2.14. The first-order valence-electron chi connectivity index (χ1n) is 6.75. The van der Waals surface area contributed by atoms with E-state index < -0.39 is 5.97 Å². The zero-order valence-corrected chi connectivity index (χ0v) is 12.0. The fraction of sp³-hybridized carbons (Fsp3) is 0.267. The predicted molar refractivity (Wildman–Crippen MR) is 80.1 cm³/mol. The van der Waals surface area contributed by atoms with Gasteiger partial charge in [0, 0.05) is 11.3 Å². The molecule has 0 bridgehead atoms. The lowest BCUT2D eigenvalue weighted by molar-refractivity contribution is -0.136. The molecule has 1 aromatic heterocycles. The number of aliphatic carboxylic acids is 1. The molecule has 1 aromatic carbocycles. The number of hydrogen-bond acceptors (Lipinski definition) is 4. The van der Waals surface area contributed by atoms with Crippen molar-refractivity contribution in [2.24, 2.45) is 0 Å². The molecule has 0 aliphatic heterocycles. The lowest BCUT2D eigenvalue weighted by atomic mass is 10.1. The number of hydrogen-bond donors (Lipinski definition) is 2. The van der Waals surface area contributed by atoms with Crippen LogP contribution in [0.1, 0.15) is 23.2 Å². The maximum absolute atomic E-state index is 10.7. The molecule has 1 aliphatic carbocycles. The van der Waals surface area contributed by atoms with Gasteiger partial charge in [0.25, 0.3) is 0 Å². The van der Waals surface area contributed by atoms with E-state index in [0.717, 1.165) is 47.6 Å². The van der Waals surface area contributed by atoms with Crippen LogP contribution in [0, 0.1) is 0 Å². The molecule has 0 unspecified atom stereocenters. The van der Waals surface area contributed by atoms with Crippen LogP contribution < -0.4 is 5.32 Å². The molecule has 2 aromatic rings. The topological polar surface area (TPSA) is 75.1 Å². The van der Waals surface area contributed by atoms with E-state index >= 15 is 0 Å². The van der Waals surface area contributed by atoms with E-state index in [1.54, 1.807) is 12.1 Å². The highest BCUT2D eigenvalue weighted by Gasteiger charge is 2.18. The second kappa shape index (κ2) is 5.69. The number of carboxylic acid groups (broad SMARTS) is 1. The Morgan fingerprint density at radius 2 is 2.00 bits per heavy atom. The fourth-order valence-corrected chi connectivity index (χ4v) is 2.71. The Labute approximate surface area is 127 Å². The van der Waals surface area contributed by atoms with Gasteiger partial charge in [0.1, 0.15) is 5.82 Å². The second-order valence-corrected chi connectivity index (χ2v) is 5.35. The van der Waals surface area contributed by atoms with Crippen molar-refractivity contribution in [3.05, 3.63) is 46.4 Å². The monoisotopic (exact) mass is 303 g/mol. The van der Waals surface area contributed by atoms with E-state index in [1.807, 2.05) is 12.1 Å². The molecule has 0 fully saturated rings. The van der Waals surface area contributed by atoms with Crippen LogP contribution in [0.15, 0.2) is 24.3 Å². The van der Waals surface area contributed by atoms with Gasteiger partial charge in [-0.15, -0.1) is 0 Å². The van der Waals surface area contributed by atoms with Crippen molar-refractivity contribution in [1.82, 2.24) is 9.97 Å². The molecule has 5 nitrogen and oxygen atoms in total. The number of carbonyl (C=O) groups is 1. The molecule has 2 N–H and O–H groups in total. The molecule has 1 aliphatic rings. The average molecular weight is 304 g/mol. The third kappa shape index (κ3) is 3.13. The Morgan fingerprint density at radius 1 is 1.24 bits per heavy atom. The van der Waals surface area contributed by atoms with Gasteiger partial charge in [0.05, 0.1) is 12.1 Å². The standard InChI is InChI=1S/C15H14ClN3O2/c16-15-18-12-3-1-2-11(12)14(19-15)17-10-6-4-9(5-7-10)8-13(20)21/h4-7H,1-3,8H2,(H,20,21)(H,17,18,19). The molecule has 108 valence electrons. The van der Waals surface area contributed by atoms with Gasteiger partial charge in [-0.25, -0.2) is 9.97 Å². The lowest BCUT2D eigenvalue weighted by Gasteiger charge is -2.10. The molecule has 0 saturated carbocycles. The predicted octanol–water partition coefficient (Wildman–Crippen LogP) is 2.99. The summed E-state index contributed by atoms with van der Waals surface area (Å²) in [5, 5.41) is 12.3. The quantitative estimate of drug-likeness (QED) is 0.849. The minimum absolute atomic E-state index is 0.0228. The zero-order chi connectivity index (χ0) is 14.8. The van der Waals surface area contributed by atoms with Gasteiger partial charge in [-0.1, -0.05) is 12.1 Å². The van der Waals surface area contributed by atoms with E-state index in [9.17, 15) is 4.79 Å². The summed E-state index contributed by atoms with van der Waals surface area (Å²) in [4.78, 5) is 19.2. The number of anilines is 2. The number of aromatic nitrogens is 2. The minimum atomic E-state index is -0.837. The van der Waals surface area contributed by atoms with E-state index in [4.69, 9.17) is 16.7 Å². The second-order valence-electron chi connectivity index (χ2n) is 5.01. The first kappa shape index (κ1) is 13.8. The number of carboxylic acids is 1. The highest BCUT2D eigenvalue weighted by atomic mass is 35.5. The van der Waals surface area contributed by atoms with Crippen molar-refractivity contribution in [2.75, 3.05) is 5.32 Å². The van der Waals surface area contributed by atoms with Gasteiger partial charge in [0.2, 0.25) is 5.28 Å². The molecule has 6 heteroatoms. The molecule has 0 amide bonds. The van der Waals surface area contributed by atoms with E-state index in [1.165, 1.54) is 0 Å². The Bertz CT molecular complexity index is 686. The van der Waals surface area contributed by atoms with Crippen LogP contribution >= 0.6 is 11.6 Å². The summed E-state index contributed by atoms with van der Waals surface area (Å²) in [5.74, 6) is -0.0930. The number of fused-ring (bicyclic) bond motifs is 1. The molecular weight excluding hydrogens is 290 g/mol. The minimum Gasteiger partial charge on any atom is -0.481 e. The van der Waals surface area contributed by atoms with Gasteiger partial charge in [0.15, 0.2) is 0 Å². The highest BCUT2D eigenvalue weighted by Crippen LogP contribution is 2.29. The number of aryl methyl sites for hydroxylation is 1. The summed E-state index contributed by atoms with van der Waals surface area (Å²) < 4.78 is 0. The maximum atomic E-state index is 10.7. The third-order valence-electron chi connectivity index (χ3n) is 3.48. The summed E-state index contributed by atoms with van der Waals surface area (Å²) in [7, 11) is 0. The molecule has 3 rings (SSSR count). The van der Waals surface area contributed by atoms with Crippen LogP contribution in [-0.4, -0.2) is 21.0 Å². The smallest absolute Gasteiger partial charge is 0.307 e. The number of nitrogens with zero attached hydrogens (tertiary/aromatic N) is 2. The molecular formula is C15H14ClN3O2. The van der Waals surface area contributed by atoms with Crippen LogP contribution in [0.3, 0.4) is 0 Å². The Kier molecular flexibility index (Phi) is 3.75. The van der Waals surface area contributed by atoms with Crippen LogP contribution in [0.2, 0.25) is 5.28 Å². The molecule has 0 saturated heterocycles. The highest BCUT2D eigenvalue weighted by molar-refractivity contribution is 6.28. The van der Waals surface area contributed by atoms with Crippen LogP contribution in [0.25, 0.3) is 0 Å². The number of rotatable bonds is 4. The van der Waals surface area contributed by atoms with E-state index in [2.05, 4.69) is 15.3 Å². The van der Waals surface area contributed by atoms with Gasteiger partial charge in [-0.2, -0.15) is 0 Å². The first-order valence-corrected chi connectivity index (χ1v) is 7.12. The molecule has 21 heavy (non-hydrogen) atoms. The maximum Gasteiger partial charge on any atom is 0.307 e. The molecule has 0 radical (unpaired) electrons. The van der Waals surface area contributed by atoms with Crippen molar-refractivity contribution in [3.8, 4) is 0 Å². The molecule has 1 heterocycles. The van der Waals surface area contributed by atoms with E-state index in [0.29, 0.717) is 0 Å². The first-order chi connectivity index (χ1) is 10.1. The summed E-state index contributed by atoms with van der Waals surface area (Å²) in [6.45, 7) is 0. The number of halogens is 1. The lowest BCUT2D eigenvalue weighted by Crippen LogP contribution is -2.03. The third-order valence-corrected chi connectivity index (χ3v) is 3.65. The van der Waals surface area contributed by atoms with Crippen LogP contribution in [-0.2, 0) is 24.1 Å². The van der Waals surface area contributed by atoms with Gasteiger partial charge < -0.3 is 10.4 Å². The summed E-state index contributed by atoms with van der Waals surface area (Å²) >= 11 is 5.95. The summed E-state index contributed by atoms with van der Waals surface area (Å²) in [6.07, 6.45) is 2.97. The van der Waals surface area contributed by atoms with Crippen molar-refractivity contribution < 1.29 is 9.90 Å². The van der Waals surface area contributed by atoms with Crippen molar-refractivity contribution >= 4 is 29.1 Å². The van der Waals surface area contributed by atoms with Crippen molar-refractivity contribution in [3.63, 3.8) is 0 Å². The SMILES string of the molecule is O=C(O)Cc1ccc(Nc2nc(Cl)nc3c2CCC3)cc1. The summed E-state index contributed by atoms with van der Waals surface area (Å²) in [6, 6.07) is 7.27. The number of nitrogens with one attached hydrogen (secondary N) is 1. The summed E-state index contributed by atoms with van der Waals surface area (Å²) in [5.41, 5.74) is 3.75. The van der Waals surface area contributed by atoms with Crippen molar-refractivity contribution in [2.45, 2.75) is 25.7 Å². The van der Waals surface area contributed by atoms with E-state index in [-0.39, 0.29) is 11.7 Å².